The van der Waals surface area contributed by atoms with Crippen LogP contribution in [0.3, 0.4) is 0 Å². The maximum Gasteiger partial charge on any atom is 0.271 e. The van der Waals surface area contributed by atoms with E-state index < -0.39 is 10.0 Å². The highest BCUT2D eigenvalue weighted by Crippen LogP contribution is 2.21. The molecule has 1 N–H and O–H groups in total. The van der Waals surface area contributed by atoms with Gasteiger partial charge in [0.1, 0.15) is 16.6 Å². The van der Waals surface area contributed by atoms with Crippen molar-refractivity contribution < 1.29 is 17.9 Å². The Morgan fingerprint density at radius 3 is 2.31 bits per heavy atom. The Bertz CT molecular complexity index is 1110. The first-order valence-electron chi connectivity index (χ1n) is 10.4. The Balaban J connectivity index is 1.25. The predicted octanol–water partition coefficient (Wildman–Crippen LogP) is 3.39. The van der Waals surface area contributed by atoms with Crippen molar-refractivity contribution in [2.75, 3.05) is 44.1 Å². The number of carbonyl (C=O) groups excluding carboxylic acids is 1. The van der Waals surface area contributed by atoms with E-state index in [2.05, 4.69) is 9.62 Å². The van der Waals surface area contributed by atoms with Gasteiger partial charge in [0.2, 0.25) is 0 Å². The number of hydrogen-bond acceptors (Lipinski definition) is 6. The smallest absolute Gasteiger partial charge is 0.271 e. The summed E-state index contributed by atoms with van der Waals surface area (Å²) in [6, 6.07) is 19.5. The van der Waals surface area contributed by atoms with Gasteiger partial charge in [-0.3, -0.25) is 14.4 Å². The van der Waals surface area contributed by atoms with Gasteiger partial charge in [-0.15, -0.1) is 11.3 Å². The van der Waals surface area contributed by atoms with E-state index in [1.807, 2.05) is 35.2 Å². The third-order valence-electron chi connectivity index (χ3n) is 5.22. The molecule has 9 heteroatoms. The SMILES string of the molecule is O=C(c1ccc(NS(=O)(=O)c2cccs2)cc1)N1CCN(CCOc2ccccc2)CC1. The van der Waals surface area contributed by atoms with Crippen molar-refractivity contribution in [3.05, 3.63) is 77.7 Å². The van der Waals surface area contributed by atoms with Gasteiger partial charge in [0.05, 0.1) is 0 Å². The number of nitrogens with zero attached hydrogens (tertiary/aromatic N) is 2. The molecule has 2 heterocycles. The number of hydrogen-bond donors (Lipinski definition) is 1. The zero-order chi connectivity index (χ0) is 22.4. The van der Waals surface area contributed by atoms with Crippen LogP contribution in [0.25, 0.3) is 0 Å². The molecular formula is C23H25N3O4S2. The quantitative estimate of drug-likeness (QED) is 0.545. The molecular weight excluding hydrogens is 446 g/mol. The molecule has 2 aromatic carbocycles. The van der Waals surface area contributed by atoms with Crippen LogP contribution in [0.2, 0.25) is 0 Å². The van der Waals surface area contributed by atoms with Gasteiger partial charge >= 0.3 is 0 Å². The van der Waals surface area contributed by atoms with E-state index in [4.69, 9.17) is 4.74 Å². The van der Waals surface area contributed by atoms with Crippen LogP contribution in [0.4, 0.5) is 5.69 Å². The Kier molecular flexibility index (Phi) is 7.09. The normalized spacial score (nSPS) is 14.8. The van der Waals surface area contributed by atoms with Crippen molar-refractivity contribution in [1.29, 1.82) is 0 Å². The first-order chi connectivity index (χ1) is 15.5. The zero-order valence-electron chi connectivity index (χ0n) is 17.5. The lowest BCUT2D eigenvalue weighted by atomic mass is 10.1. The minimum Gasteiger partial charge on any atom is -0.492 e. The van der Waals surface area contributed by atoms with E-state index in [9.17, 15) is 13.2 Å². The molecule has 0 saturated carbocycles. The number of anilines is 1. The lowest BCUT2D eigenvalue weighted by Gasteiger charge is -2.34. The summed E-state index contributed by atoms with van der Waals surface area (Å²) in [5.74, 6) is 0.820. The van der Waals surface area contributed by atoms with Gasteiger partial charge in [-0.2, -0.15) is 0 Å². The molecule has 0 bridgehead atoms. The topological polar surface area (TPSA) is 79.0 Å². The van der Waals surface area contributed by atoms with E-state index in [-0.39, 0.29) is 10.1 Å². The number of rotatable bonds is 8. The fraction of sp³-hybridized carbons (Fsp3) is 0.261. The van der Waals surface area contributed by atoms with Crippen LogP contribution in [0.5, 0.6) is 5.75 Å². The lowest BCUT2D eigenvalue weighted by molar-refractivity contribution is 0.0620. The van der Waals surface area contributed by atoms with Crippen LogP contribution in [0.1, 0.15) is 10.4 Å². The number of ether oxygens (including phenoxy) is 1. The van der Waals surface area contributed by atoms with E-state index in [0.717, 1.165) is 36.7 Å². The van der Waals surface area contributed by atoms with E-state index in [1.165, 1.54) is 0 Å². The number of carbonyl (C=O) groups is 1. The zero-order valence-corrected chi connectivity index (χ0v) is 19.1. The first kappa shape index (κ1) is 22.3. The van der Waals surface area contributed by atoms with E-state index in [1.54, 1.807) is 41.8 Å². The fourth-order valence-electron chi connectivity index (χ4n) is 3.47. The van der Waals surface area contributed by atoms with Gasteiger partial charge in [0, 0.05) is 44.0 Å². The van der Waals surface area contributed by atoms with Crippen molar-refractivity contribution in [1.82, 2.24) is 9.80 Å². The molecule has 0 atom stereocenters. The summed E-state index contributed by atoms with van der Waals surface area (Å²) in [4.78, 5) is 17.0. The van der Waals surface area contributed by atoms with Crippen LogP contribution < -0.4 is 9.46 Å². The summed E-state index contributed by atoms with van der Waals surface area (Å²) in [5, 5.41) is 1.71. The molecule has 32 heavy (non-hydrogen) atoms. The molecule has 1 aromatic heterocycles. The average Bonchev–Trinajstić information content (AvgIpc) is 3.36. The van der Waals surface area contributed by atoms with Gasteiger partial charge < -0.3 is 9.64 Å². The largest absolute Gasteiger partial charge is 0.492 e. The van der Waals surface area contributed by atoms with E-state index >= 15 is 0 Å². The second kappa shape index (κ2) is 10.2. The minimum absolute atomic E-state index is 0.0437. The Morgan fingerprint density at radius 1 is 0.938 bits per heavy atom. The second-order valence-corrected chi connectivity index (χ2v) is 10.3. The monoisotopic (exact) mass is 471 g/mol. The molecule has 7 nitrogen and oxygen atoms in total. The number of sulfonamides is 1. The maximum atomic E-state index is 12.8. The summed E-state index contributed by atoms with van der Waals surface area (Å²) < 4.78 is 33.2. The average molecular weight is 472 g/mol. The molecule has 1 aliphatic rings. The molecule has 0 radical (unpaired) electrons. The van der Waals surface area contributed by atoms with Crippen molar-refractivity contribution in [3.8, 4) is 5.75 Å². The van der Waals surface area contributed by atoms with Crippen LogP contribution in [-0.4, -0.2) is 63.5 Å². The summed E-state index contributed by atoms with van der Waals surface area (Å²) in [6.07, 6.45) is 0. The van der Waals surface area contributed by atoms with Gasteiger partial charge in [-0.05, 0) is 47.8 Å². The first-order valence-corrected chi connectivity index (χ1v) is 12.7. The number of benzene rings is 2. The Hall–Kier alpha value is -2.88. The fourth-order valence-corrected chi connectivity index (χ4v) is 5.52. The van der Waals surface area contributed by atoms with Crippen LogP contribution in [0.15, 0.2) is 76.3 Å². The van der Waals surface area contributed by atoms with Crippen molar-refractivity contribution in [2.45, 2.75) is 4.21 Å². The molecule has 1 aliphatic heterocycles. The Morgan fingerprint density at radius 2 is 1.66 bits per heavy atom. The number of piperazine rings is 1. The number of amides is 1. The highest BCUT2D eigenvalue weighted by Gasteiger charge is 2.22. The van der Waals surface area contributed by atoms with Gasteiger partial charge in [0.15, 0.2) is 0 Å². The molecule has 1 saturated heterocycles. The van der Waals surface area contributed by atoms with Crippen molar-refractivity contribution >= 4 is 33.0 Å². The summed E-state index contributed by atoms with van der Waals surface area (Å²) >= 11 is 1.16. The van der Waals surface area contributed by atoms with Gasteiger partial charge in [-0.1, -0.05) is 24.3 Å². The third kappa shape index (κ3) is 5.67. The minimum atomic E-state index is -3.60. The van der Waals surface area contributed by atoms with Gasteiger partial charge in [-0.25, -0.2) is 8.42 Å². The molecule has 4 rings (SSSR count). The van der Waals surface area contributed by atoms with E-state index in [0.29, 0.717) is 30.9 Å². The molecule has 0 aliphatic carbocycles. The summed E-state index contributed by atoms with van der Waals surface area (Å²) in [6.45, 7) is 4.32. The van der Waals surface area contributed by atoms with Crippen LogP contribution in [0, 0.1) is 0 Å². The molecule has 168 valence electrons. The molecule has 1 fully saturated rings. The molecule has 0 spiro atoms. The van der Waals surface area contributed by atoms with Gasteiger partial charge in [0.25, 0.3) is 15.9 Å². The maximum absolute atomic E-state index is 12.8. The number of para-hydroxylation sites is 1. The number of nitrogens with one attached hydrogen (secondary N) is 1. The molecule has 3 aromatic rings. The third-order valence-corrected chi connectivity index (χ3v) is 8.00. The standard InChI is InChI=1S/C23H25N3O4S2/c27-23(19-8-10-20(11-9-19)24-32(28,29)22-7-4-18-31-22)26-14-12-25(13-15-26)16-17-30-21-5-2-1-3-6-21/h1-11,18,24H,12-17H2. The van der Waals surface area contributed by atoms with Crippen LogP contribution in [-0.2, 0) is 10.0 Å². The predicted molar refractivity (Wildman–Crippen MR) is 126 cm³/mol. The summed E-state index contributed by atoms with van der Waals surface area (Å²) in [5.41, 5.74) is 0.975. The van der Waals surface area contributed by atoms with Crippen molar-refractivity contribution in [2.24, 2.45) is 0 Å². The second-order valence-electron chi connectivity index (χ2n) is 7.41. The summed E-state index contributed by atoms with van der Waals surface area (Å²) in [7, 11) is -3.60. The Labute approximate surface area is 192 Å². The highest BCUT2D eigenvalue weighted by atomic mass is 32.2. The lowest BCUT2D eigenvalue weighted by Crippen LogP contribution is -2.49. The molecule has 1 amide bonds. The van der Waals surface area contributed by atoms with Crippen molar-refractivity contribution in [3.63, 3.8) is 0 Å². The molecule has 0 unspecified atom stereocenters. The van der Waals surface area contributed by atoms with Crippen LogP contribution >= 0.6 is 11.3 Å². The highest BCUT2D eigenvalue weighted by molar-refractivity contribution is 7.94. The number of thiophene rings is 1.